The number of amides is 2. The molecular weight excluding hydrogens is 408 g/mol. The van der Waals surface area contributed by atoms with Crippen molar-refractivity contribution in [1.29, 1.82) is 0 Å². The number of nitrogens with zero attached hydrogens (tertiary/aromatic N) is 3. The van der Waals surface area contributed by atoms with E-state index in [2.05, 4.69) is 10.4 Å². The lowest BCUT2D eigenvalue weighted by molar-refractivity contribution is -0.127. The molecule has 0 bridgehead atoms. The molecule has 160 valence electrons. The van der Waals surface area contributed by atoms with Crippen LogP contribution in [0.3, 0.4) is 0 Å². The van der Waals surface area contributed by atoms with Crippen LogP contribution in [0.1, 0.15) is 60.3 Å². The number of aromatic nitrogens is 2. The Bertz CT molecular complexity index is 1100. The lowest BCUT2D eigenvalue weighted by Gasteiger charge is -2.31. The highest BCUT2D eigenvalue weighted by Crippen LogP contribution is 2.42. The average Bonchev–Trinajstić information content (AvgIpc) is 3.53. The van der Waals surface area contributed by atoms with Crippen LogP contribution in [-0.2, 0) is 17.9 Å². The van der Waals surface area contributed by atoms with Crippen molar-refractivity contribution < 1.29 is 9.59 Å². The SMILES string of the molecule is CCn1ncc2c1C(C(=O)NC1CCCC1)N(Cc1ccccc1)C(=O)c1ccsc1-2. The molecule has 1 aromatic carbocycles. The number of carbonyl (C=O) groups excluding carboxylic acids is 2. The number of nitrogens with one attached hydrogen (secondary N) is 1. The molecule has 3 aromatic rings. The molecule has 0 spiro atoms. The number of thiophene rings is 1. The van der Waals surface area contributed by atoms with E-state index in [-0.39, 0.29) is 17.9 Å². The minimum atomic E-state index is -0.717. The first-order valence-corrected chi connectivity index (χ1v) is 11.8. The zero-order valence-corrected chi connectivity index (χ0v) is 18.4. The van der Waals surface area contributed by atoms with Gasteiger partial charge in [0.05, 0.1) is 22.3 Å². The lowest BCUT2D eigenvalue weighted by atomic mass is 10.1. The summed E-state index contributed by atoms with van der Waals surface area (Å²) in [6.07, 6.45) is 6.08. The van der Waals surface area contributed by atoms with Gasteiger partial charge in [0.1, 0.15) is 0 Å². The maximum Gasteiger partial charge on any atom is 0.256 e. The molecule has 2 amide bonds. The van der Waals surface area contributed by atoms with Crippen molar-refractivity contribution in [2.45, 2.75) is 57.8 Å². The van der Waals surface area contributed by atoms with Gasteiger partial charge in [0, 0.05) is 24.7 Å². The number of benzene rings is 1. The number of rotatable bonds is 5. The molecule has 0 radical (unpaired) electrons. The van der Waals surface area contributed by atoms with E-state index in [1.165, 1.54) is 11.3 Å². The summed E-state index contributed by atoms with van der Waals surface area (Å²) in [6, 6.07) is 11.2. The van der Waals surface area contributed by atoms with E-state index < -0.39 is 6.04 Å². The smallest absolute Gasteiger partial charge is 0.256 e. The maximum atomic E-state index is 13.7. The van der Waals surface area contributed by atoms with E-state index in [1.807, 2.05) is 59.6 Å². The van der Waals surface area contributed by atoms with Crippen LogP contribution in [-0.4, -0.2) is 32.5 Å². The van der Waals surface area contributed by atoms with Gasteiger partial charge in [-0.1, -0.05) is 43.2 Å². The van der Waals surface area contributed by atoms with E-state index in [0.29, 0.717) is 18.7 Å². The fourth-order valence-corrected chi connectivity index (χ4v) is 5.68. The van der Waals surface area contributed by atoms with E-state index in [0.717, 1.165) is 47.4 Å². The van der Waals surface area contributed by atoms with Gasteiger partial charge in [0.15, 0.2) is 6.04 Å². The summed E-state index contributed by atoms with van der Waals surface area (Å²) >= 11 is 1.53. The third-order valence-electron chi connectivity index (χ3n) is 6.30. The Morgan fingerprint density at radius 3 is 2.68 bits per heavy atom. The normalized spacial score (nSPS) is 18.5. The van der Waals surface area contributed by atoms with Gasteiger partial charge in [-0.05, 0) is 36.8 Å². The van der Waals surface area contributed by atoms with Crippen LogP contribution in [0.5, 0.6) is 0 Å². The Balaban J connectivity index is 1.64. The third-order valence-corrected chi connectivity index (χ3v) is 7.24. The molecule has 1 atom stereocenters. The summed E-state index contributed by atoms with van der Waals surface area (Å²) in [5, 5.41) is 9.76. The second-order valence-electron chi connectivity index (χ2n) is 8.23. The third kappa shape index (κ3) is 3.57. The molecule has 2 aliphatic rings. The Morgan fingerprint density at radius 1 is 1.16 bits per heavy atom. The molecule has 5 rings (SSSR count). The topological polar surface area (TPSA) is 67.2 Å². The number of fused-ring (bicyclic) bond motifs is 3. The van der Waals surface area contributed by atoms with Gasteiger partial charge in [-0.3, -0.25) is 14.3 Å². The molecule has 1 aliphatic heterocycles. The first-order valence-electron chi connectivity index (χ1n) is 11.0. The summed E-state index contributed by atoms with van der Waals surface area (Å²) in [4.78, 5) is 30.1. The van der Waals surface area contributed by atoms with E-state index in [9.17, 15) is 9.59 Å². The molecule has 2 aromatic heterocycles. The second-order valence-corrected chi connectivity index (χ2v) is 9.15. The Morgan fingerprint density at radius 2 is 1.94 bits per heavy atom. The van der Waals surface area contributed by atoms with Crippen molar-refractivity contribution in [2.24, 2.45) is 0 Å². The summed E-state index contributed by atoms with van der Waals surface area (Å²) < 4.78 is 1.87. The summed E-state index contributed by atoms with van der Waals surface area (Å²) in [6.45, 7) is 3.02. The van der Waals surface area contributed by atoms with Crippen molar-refractivity contribution in [2.75, 3.05) is 0 Å². The van der Waals surface area contributed by atoms with Gasteiger partial charge in [0.25, 0.3) is 5.91 Å². The fourth-order valence-electron chi connectivity index (χ4n) is 4.78. The predicted molar refractivity (Wildman–Crippen MR) is 121 cm³/mol. The number of carbonyl (C=O) groups is 2. The van der Waals surface area contributed by atoms with Gasteiger partial charge in [-0.15, -0.1) is 11.3 Å². The molecule has 0 saturated heterocycles. The van der Waals surface area contributed by atoms with Crippen LogP contribution in [0.15, 0.2) is 48.0 Å². The quantitative estimate of drug-likeness (QED) is 0.648. The van der Waals surface area contributed by atoms with Crippen LogP contribution in [0, 0.1) is 0 Å². The Hall–Kier alpha value is -2.93. The average molecular weight is 435 g/mol. The van der Waals surface area contributed by atoms with Crippen LogP contribution >= 0.6 is 11.3 Å². The lowest BCUT2D eigenvalue weighted by Crippen LogP contribution is -2.46. The molecule has 1 aliphatic carbocycles. The van der Waals surface area contributed by atoms with Crippen LogP contribution in [0.25, 0.3) is 10.4 Å². The van der Waals surface area contributed by atoms with Crippen molar-refractivity contribution >= 4 is 23.2 Å². The number of aryl methyl sites for hydroxylation is 1. The highest BCUT2D eigenvalue weighted by molar-refractivity contribution is 7.14. The monoisotopic (exact) mass is 434 g/mol. The van der Waals surface area contributed by atoms with E-state index in [1.54, 1.807) is 4.90 Å². The fraction of sp³-hybridized carbons (Fsp3) is 0.375. The zero-order valence-electron chi connectivity index (χ0n) is 17.6. The van der Waals surface area contributed by atoms with E-state index >= 15 is 0 Å². The van der Waals surface area contributed by atoms with Crippen LogP contribution in [0.4, 0.5) is 0 Å². The van der Waals surface area contributed by atoms with Crippen LogP contribution < -0.4 is 5.32 Å². The van der Waals surface area contributed by atoms with Gasteiger partial charge in [-0.2, -0.15) is 5.10 Å². The molecule has 1 saturated carbocycles. The van der Waals surface area contributed by atoms with Crippen molar-refractivity contribution in [3.8, 4) is 10.4 Å². The van der Waals surface area contributed by atoms with Gasteiger partial charge >= 0.3 is 0 Å². The standard InChI is InChI=1S/C24H26N4O2S/c1-2-28-20-19(14-25-28)22-18(12-13-31-22)24(30)27(15-16-8-4-3-5-9-16)21(20)23(29)26-17-10-6-7-11-17/h3-5,8-9,12-14,17,21H,2,6-7,10-11,15H2,1H3,(H,26,29). The van der Waals surface area contributed by atoms with E-state index in [4.69, 9.17) is 0 Å². The minimum absolute atomic E-state index is 0.106. The summed E-state index contributed by atoms with van der Waals surface area (Å²) in [7, 11) is 0. The highest BCUT2D eigenvalue weighted by Gasteiger charge is 2.41. The van der Waals surface area contributed by atoms with Crippen LogP contribution in [0.2, 0.25) is 0 Å². The van der Waals surface area contributed by atoms with Gasteiger partial charge in [-0.25, -0.2) is 0 Å². The molecule has 1 unspecified atom stereocenters. The van der Waals surface area contributed by atoms with Gasteiger partial charge < -0.3 is 10.2 Å². The Labute approximate surface area is 185 Å². The zero-order chi connectivity index (χ0) is 21.4. The number of hydrogen-bond donors (Lipinski definition) is 1. The molecule has 1 N–H and O–H groups in total. The molecule has 1 fully saturated rings. The summed E-state index contributed by atoms with van der Waals surface area (Å²) in [5.41, 5.74) is 3.34. The van der Waals surface area contributed by atoms with Gasteiger partial charge in [0.2, 0.25) is 5.91 Å². The molecular formula is C24H26N4O2S. The first-order chi connectivity index (χ1) is 15.2. The molecule has 31 heavy (non-hydrogen) atoms. The van der Waals surface area contributed by atoms with Crippen molar-refractivity contribution in [1.82, 2.24) is 20.0 Å². The van der Waals surface area contributed by atoms with Crippen molar-refractivity contribution in [3.05, 3.63) is 64.8 Å². The predicted octanol–water partition coefficient (Wildman–Crippen LogP) is 4.39. The first kappa shape index (κ1) is 20.0. The molecule has 7 heteroatoms. The second kappa shape index (κ2) is 8.30. The largest absolute Gasteiger partial charge is 0.351 e. The highest BCUT2D eigenvalue weighted by atomic mass is 32.1. The number of hydrogen-bond acceptors (Lipinski definition) is 4. The summed E-state index contributed by atoms with van der Waals surface area (Å²) in [5.74, 6) is -0.215. The molecule has 3 heterocycles. The Kier molecular flexibility index (Phi) is 5.36. The minimum Gasteiger partial charge on any atom is -0.351 e. The maximum absolute atomic E-state index is 13.7. The van der Waals surface area contributed by atoms with Crippen molar-refractivity contribution in [3.63, 3.8) is 0 Å². The molecule has 6 nitrogen and oxygen atoms in total.